The third kappa shape index (κ3) is 5.94. The molecule has 0 radical (unpaired) electrons. The van der Waals surface area contributed by atoms with Crippen LogP contribution < -0.4 is 9.47 Å². The van der Waals surface area contributed by atoms with Gasteiger partial charge in [0.2, 0.25) is 0 Å². The average Bonchev–Trinajstić information content (AvgIpc) is 2.53. The molecule has 1 rings (SSSR count). The van der Waals surface area contributed by atoms with E-state index < -0.39 is 0 Å². The number of aliphatic hydroxyl groups is 2. The van der Waals surface area contributed by atoms with Crippen LogP contribution in [0.25, 0.3) is 0 Å². The fraction of sp³-hybridized carbons (Fsp3) is 0.647. The Bertz CT molecular complexity index is 404. The van der Waals surface area contributed by atoms with Crippen LogP contribution in [0.1, 0.15) is 56.6 Å². The third-order valence-electron chi connectivity index (χ3n) is 3.56. The molecule has 0 aliphatic heterocycles. The van der Waals surface area contributed by atoms with Gasteiger partial charge >= 0.3 is 0 Å². The molecular formula is C17H28O4. The van der Waals surface area contributed by atoms with E-state index in [0.717, 1.165) is 12.8 Å². The fourth-order valence-electron chi connectivity index (χ4n) is 2.28. The molecule has 1 aromatic carbocycles. The van der Waals surface area contributed by atoms with E-state index in [9.17, 15) is 10.2 Å². The molecule has 0 aliphatic carbocycles. The monoisotopic (exact) mass is 296 g/mol. The third-order valence-corrected chi connectivity index (χ3v) is 3.56. The Morgan fingerprint density at radius 3 is 2.05 bits per heavy atom. The Morgan fingerprint density at radius 2 is 1.43 bits per heavy atom. The molecule has 0 aromatic heterocycles. The zero-order valence-electron chi connectivity index (χ0n) is 13.2. The second-order valence-corrected chi connectivity index (χ2v) is 5.20. The molecule has 0 bridgehead atoms. The minimum Gasteiger partial charge on any atom is -0.496 e. The van der Waals surface area contributed by atoms with E-state index in [2.05, 4.69) is 6.92 Å². The molecule has 21 heavy (non-hydrogen) atoms. The van der Waals surface area contributed by atoms with E-state index >= 15 is 0 Å². The SMILES string of the molecule is CCCCCCCCOc1cc(CO)c(OC)cc1CO. The van der Waals surface area contributed by atoms with Gasteiger partial charge in [-0.3, -0.25) is 0 Å². The van der Waals surface area contributed by atoms with Crippen molar-refractivity contribution in [2.24, 2.45) is 0 Å². The van der Waals surface area contributed by atoms with Crippen LogP contribution in [-0.2, 0) is 13.2 Å². The van der Waals surface area contributed by atoms with Crippen molar-refractivity contribution in [3.8, 4) is 11.5 Å². The second kappa shape index (κ2) is 10.5. The van der Waals surface area contributed by atoms with E-state index in [0.29, 0.717) is 29.2 Å². The second-order valence-electron chi connectivity index (χ2n) is 5.20. The number of unbranched alkanes of at least 4 members (excludes halogenated alkanes) is 5. The maximum Gasteiger partial charge on any atom is 0.125 e. The van der Waals surface area contributed by atoms with Crippen molar-refractivity contribution in [1.82, 2.24) is 0 Å². The molecule has 0 heterocycles. The summed E-state index contributed by atoms with van der Waals surface area (Å²) >= 11 is 0. The van der Waals surface area contributed by atoms with Gasteiger partial charge in [0.1, 0.15) is 11.5 Å². The van der Waals surface area contributed by atoms with E-state index in [1.807, 2.05) is 0 Å². The van der Waals surface area contributed by atoms with Crippen LogP contribution >= 0.6 is 0 Å². The summed E-state index contributed by atoms with van der Waals surface area (Å²) in [5.41, 5.74) is 1.36. The van der Waals surface area contributed by atoms with Crippen molar-refractivity contribution in [2.75, 3.05) is 13.7 Å². The first kappa shape index (κ1) is 17.8. The molecule has 4 nitrogen and oxygen atoms in total. The lowest BCUT2D eigenvalue weighted by molar-refractivity contribution is 0.253. The summed E-state index contributed by atoms with van der Waals surface area (Å²) < 4.78 is 10.9. The number of ether oxygens (including phenoxy) is 2. The van der Waals surface area contributed by atoms with Crippen molar-refractivity contribution in [3.05, 3.63) is 23.3 Å². The number of hydrogen-bond acceptors (Lipinski definition) is 4. The van der Waals surface area contributed by atoms with Gasteiger partial charge < -0.3 is 19.7 Å². The van der Waals surface area contributed by atoms with Crippen LogP contribution in [-0.4, -0.2) is 23.9 Å². The largest absolute Gasteiger partial charge is 0.496 e. The number of hydrogen-bond donors (Lipinski definition) is 2. The molecule has 0 fully saturated rings. The summed E-state index contributed by atoms with van der Waals surface area (Å²) in [6, 6.07) is 3.48. The smallest absolute Gasteiger partial charge is 0.125 e. The number of benzene rings is 1. The Balaban J connectivity index is 2.49. The summed E-state index contributed by atoms with van der Waals surface area (Å²) in [5, 5.41) is 18.7. The highest BCUT2D eigenvalue weighted by atomic mass is 16.5. The van der Waals surface area contributed by atoms with Crippen LogP contribution in [0.4, 0.5) is 0 Å². The summed E-state index contributed by atoms with van der Waals surface area (Å²) in [6.07, 6.45) is 7.26. The zero-order valence-corrected chi connectivity index (χ0v) is 13.2. The minimum absolute atomic E-state index is 0.103. The molecule has 0 aliphatic rings. The van der Waals surface area contributed by atoms with Crippen molar-refractivity contribution in [3.63, 3.8) is 0 Å². The maximum absolute atomic E-state index is 9.40. The molecule has 0 saturated heterocycles. The first-order valence-electron chi connectivity index (χ1n) is 7.81. The summed E-state index contributed by atoms with van der Waals surface area (Å²) in [4.78, 5) is 0. The van der Waals surface area contributed by atoms with Crippen LogP contribution in [0.5, 0.6) is 11.5 Å². The Labute approximate surface area is 127 Å². The Morgan fingerprint density at radius 1 is 0.857 bits per heavy atom. The van der Waals surface area contributed by atoms with E-state index in [1.54, 1.807) is 19.2 Å². The number of rotatable bonds is 11. The van der Waals surface area contributed by atoms with E-state index in [-0.39, 0.29) is 13.2 Å². The van der Waals surface area contributed by atoms with Crippen LogP contribution in [0.15, 0.2) is 12.1 Å². The number of aliphatic hydroxyl groups excluding tert-OH is 2. The molecule has 4 heteroatoms. The minimum atomic E-state index is -0.109. The highest BCUT2D eigenvalue weighted by Gasteiger charge is 2.10. The molecule has 1 aromatic rings. The summed E-state index contributed by atoms with van der Waals surface area (Å²) in [5.74, 6) is 1.21. The maximum atomic E-state index is 9.40. The van der Waals surface area contributed by atoms with Gasteiger partial charge in [0, 0.05) is 11.1 Å². The number of methoxy groups -OCH3 is 1. The van der Waals surface area contributed by atoms with Crippen molar-refractivity contribution >= 4 is 0 Å². The highest BCUT2D eigenvalue weighted by Crippen LogP contribution is 2.29. The van der Waals surface area contributed by atoms with Crippen LogP contribution in [0, 0.1) is 0 Å². The van der Waals surface area contributed by atoms with Gasteiger partial charge in [-0.2, -0.15) is 0 Å². The lowest BCUT2D eigenvalue weighted by atomic mass is 10.1. The predicted molar refractivity (Wildman–Crippen MR) is 83.7 cm³/mol. The molecule has 0 spiro atoms. The molecule has 0 saturated carbocycles. The van der Waals surface area contributed by atoms with Gasteiger partial charge in [-0.25, -0.2) is 0 Å². The van der Waals surface area contributed by atoms with Gasteiger partial charge in [0.05, 0.1) is 26.9 Å². The van der Waals surface area contributed by atoms with E-state index in [1.165, 1.54) is 25.7 Å². The molecule has 2 N–H and O–H groups in total. The zero-order chi connectivity index (χ0) is 15.5. The first-order chi connectivity index (χ1) is 10.3. The van der Waals surface area contributed by atoms with Crippen molar-refractivity contribution in [1.29, 1.82) is 0 Å². The topological polar surface area (TPSA) is 58.9 Å². The standard InChI is InChI=1S/C17H28O4/c1-3-4-5-6-7-8-9-21-17-11-14(12-18)16(20-2)10-15(17)13-19/h10-11,18-19H,3-9,12-13H2,1-2H3. The average molecular weight is 296 g/mol. The summed E-state index contributed by atoms with van der Waals surface area (Å²) in [7, 11) is 1.55. The van der Waals surface area contributed by atoms with Gasteiger partial charge in [0.15, 0.2) is 0 Å². The predicted octanol–water partition coefficient (Wildman–Crippen LogP) is 3.42. The van der Waals surface area contributed by atoms with Gasteiger partial charge in [-0.05, 0) is 18.6 Å². The Kier molecular flexibility index (Phi) is 8.87. The fourth-order valence-corrected chi connectivity index (χ4v) is 2.28. The molecule has 0 atom stereocenters. The highest BCUT2D eigenvalue weighted by molar-refractivity contribution is 5.46. The van der Waals surface area contributed by atoms with Gasteiger partial charge in [-0.1, -0.05) is 39.0 Å². The lowest BCUT2D eigenvalue weighted by Gasteiger charge is -2.14. The molecular weight excluding hydrogens is 268 g/mol. The normalized spacial score (nSPS) is 10.7. The molecule has 120 valence electrons. The first-order valence-corrected chi connectivity index (χ1v) is 7.81. The lowest BCUT2D eigenvalue weighted by Crippen LogP contribution is -2.03. The van der Waals surface area contributed by atoms with Gasteiger partial charge in [-0.15, -0.1) is 0 Å². The van der Waals surface area contributed by atoms with Crippen LogP contribution in [0.3, 0.4) is 0 Å². The van der Waals surface area contributed by atoms with Crippen molar-refractivity contribution < 1.29 is 19.7 Å². The van der Waals surface area contributed by atoms with Gasteiger partial charge in [0.25, 0.3) is 0 Å². The van der Waals surface area contributed by atoms with Crippen LogP contribution in [0.2, 0.25) is 0 Å². The Hall–Kier alpha value is -1.26. The summed E-state index contributed by atoms with van der Waals surface area (Å²) in [6.45, 7) is 2.63. The molecule has 0 amide bonds. The van der Waals surface area contributed by atoms with Crippen molar-refractivity contribution in [2.45, 2.75) is 58.7 Å². The quantitative estimate of drug-likeness (QED) is 0.614. The molecule has 0 unspecified atom stereocenters. The van der Waals surface area contributed by atoms with E-state index in [4.69, 9.17) is 9.47 Å².